The molecule has 7 heteroatoms. The smallest absolute Gasteiger partial charge is 0.274 e. The molecular formula is C15H25N5O2. The fourth-order valence-electron chi connectivity index (χ4n) is 2.42. The number of nitrogens with one attached hydrogen (secondary N) is 1. The molecule has 22 heavy (non-hydrogen) atoms. The maximum absolute atomic E-state index is 12.3. The molecule has 7 nitrogen and oxygen atoms in total. The Kier molecular flexibility index (Phi) is 4.83. The number of aromatic nitrogens is 3. The van der Waals surface area contributed by atoms with E-state index in [1.54, 1.807) is 17.8 Å². The first-order chi connectivity index (χ1) is 10.3. The van der Waals surface area contributed by atoms with Crippen LogP contribution >= 0.6 is 0 Å². The van der Waals surface area contributed by atoms with Gasteiger partial charge < -0.3 is 10.2 Å². The lowest BCUT2D eigenvalue weighted by atomic mass is 10.1. The van der Waals surface area contributed by atoms with Crippen molar-refractivity contribution in [1.29, 1.82) is 0 Å². The Balaban J connectivity index is 1.96. The van der Waals surface area contributed by atoms with E-state index in [0.717, 1.165) is 25.9 Å². The van der Waals surface area contributed by atoms with Gasteiger partial charge in [-0.25, -0.2) is 4.68 Å². The van der Waals surface area contributed by atoms with Crippen molar-refractivity contribution in [3.63, 3.8) is 0 Å². The first kappa shape index (κ1) is 16.5. The van der Waals surface area contributed by atoms with Gasteiger partial charge >= 0.3 is 0 Å². The van der Waals surface area contributed by atoms with Gasteiger partial charge in [-0.05, 0) is 47.0 Å². The number of amides is 2. The fourth-order valence-corrected chi connectivity index (χ4v) is 2.42. The summed E-state index contributed by atoms with van der Waals surface area (Å²) in [5.41, 5.74) is -0.00552. The highest BCUT2D eigenvalue weighted by molar-refractivity contribution is 5.95. The molecule has 2 rings (SSSR count). The molecule has 0 radical (unpaired) electrons. The van der Waals surface area contributed by atoms with Crippen LogP contribution in [0.2, 0.25) is 0 Å². The van der Waals surface area contributed by atoms with Gasteiger partial charge in [0.1, 0.15) is 6.04 Å². The molecule has 1 aliphatic rings. The van der Waals surface area contributed by atoms with E-state index >= 15 is 0 Å². The van der Waals surface area contributed by atoms with Crippen LogP contribution in [0.3, 0.4) is 0 Å². The zero-order valence-electron chi connectivity index (χ0n) is 13.8. The third-order valence-electron chi connectivity index (χ3n) is 3.80. The van der Waals surface area contributed by atoms with E-state index in [2.05, 4.69) is 15.6 Å². The van der Waals surface area contributed by atoms with Crippen molar-refractivity contribution in [1.82, 2.24) is 25.2 Å². The van der Waals surface area contributed by atoms with Crippen LogP contribution in [0.25, 0.3) is 0 Å². The number of rotatable bonds is 3. The molecule has 2 amide bonds. The summed E-state index contributed by atoms with van der Waals surface area (Å²) in [7, 11) is 0. The molecule has 0 aliphatic carbocycles. The second-order valence-electron chi connectivity index (χ2n) is 6.80. The molecule has 1 saturated heterocycles. The average molecular weight is 307 g/mol. The van der Waals surface area contributed by atoms with E-state index in [0.29, 0.717) is 0 Å². The monoisotopic (exact) mass is 307 g/mol. The van der Waals surface area contributed by atoms with Crippen molar-refractivity contribution in [3.8, 4) is 0 Å². The summed E-state index contributed by atoms with van der Waals surface area (Å²) in [6, 6.07) is -0.551. The van der Waals surface area contributed by atoms with Crippen molar-refractivity contribution >= 4 is 11.8 Å². The van der Waals surface area contributed by atoms with Crippen LogP contribution in [0, 0.1) is 0 Å². The number of hydrogen-bond donors (Lipinski definition) is 1. The molecule has 1 aromatic heterocycles. The van der Waals surface area contributed by atoms with Crippen LogP contribution in [0.5, 0.6) is 0 Å². The van der Waals surface area contributed by atoms with E-state index in [1.807, 2.05) is 25.7 Å². The first-order valence-electron chi connectivity index (χ1n) is 7.81. The first-order valence-corrected chi connectivity index (χ1v) is 7.81. The summed E-state index contributed by atoms with van der Waals surface area (Å²) >= 11 is 0. The molecule has 0 spiro atoms. The fraction of sp³-hybridized carbons (Fsp3) is 0.733. The molecule has 1 unspecified atom stereocenters. The minimum absolute atomic E-state index is 0.0312. The zero-order valence-corrected chi connectivity index (χ0v) is 13.8. The molecule has 1 aromatic rings. The van der Waals surface area contributed by atoms with Crippen molar-refractivity contribution < 1.29 is 9.59 Å². The van der Waals surface area contributed by atoms with Gasteiger partial charge in [-0.1, -0.05) is 5.21 Å². The van der Waals surface area contributed by atoms with Crippen LogP contribution in [-0.2, 0) is 10.3 Å². The van der Waals surface area contributed by atoms with Crippen molar-refractivity contribution in [2.24, 2.45) is 0 Å². The van der Waals surface area contributed by atoms with Crippen LogP contribution < -0.4 is 5.32 Å². The largest absolute Gasteiger partial charge is 0.341 e. The van der Waals surface area contributed by atoms with Crippen molar-refractivity contribution in [2.75, 3.05) is 13.1 Å². The number of piperidine rings is 1. The van der Waals surface area contributed by atoms with Crippen molar-refractivity contribution in [3.05, 3.63) is 11.9 Å². The summed E-state index contributed by atoms with van der Waals surface area (Å²) in [5, 5.41) is 10.6. The quantitative estimate of drug-likeness (QED) is 0.909. The molecular weight excluding hydrogens is 282 g/mol. The van der Waals surface area contributed by atoms with Crippen LogP contribution in [-0.4, -0.2) is 50.8 Å². The summed E-state index contributed by atoms with van der Waals surface area (Å²) < 4.78 is 1.64. The SMILES string of the molecule is CC(NC(=O)c1cn(C(C)(C)C)nn1)C(=O)N1CCCCC1. The second kappa shape index (κ2) is 6.46. The van der Waals surface area contributed by atoms with Crippen LogP contribution in [0.1, 0.15) is 57.4 Å². The van der Waals surface area contributed by atoms with Gasteiger partial charge in [0.15, 0.2) is 5.69 Å². The molecule has 1 N–H and O–H groups in total. The lowest BCUT2D eigenvalue weighted by Gasteiger charge is -2.29. The predicted octanol–water partition coefficient (Wildman–Crippen LogP) is 1.16. The van der Waals surface area contributed by atoms with Gasteiger partial charge in [0, 0.05) is 13.1 Å². The minimum Gasteiger partial charge on any atom is -0.341 e. The van der Waals surface area contributed by atoms with Gasteiger partial charge in [-0.15, -0.1) is 5.10 Å². The molecule has 122 valence electrons. The summed E-state index contributed by atoms with van der Waals surface area (Å²) in [6.07, 6.45) is 4.84. The number of hydrogen-bond acceptors (Lipinski definition) is 4. The lowest BCUT2D eigenvalue weighted by Crippen LogP contribution is -2.48. The molecule has 1 fully saturated rings. The Morgan fingerprint density at radius 3 is 2.41 bits per heavy atom. The Bertz CT molecular complexity index is 540. The normalized spacial score (nSPS) is 17.2. The van der Waals surface area contributed by atoms with E-state index in [1.165, 1.54) is 6.42 Å². The highest BCUT2D eigenvalue weighted by atomic mass is 16.2. The summed E-state index contributed by atoms with van der Waals surface area (Å²) in [5.74, 6) is -0.398. The number of carbonyl (C=O) groups excluding carboxylic acids is 2. The predicted molar refractivity (Wildman–Crippen MR) is 82.4 cm³/mol. The Labute approximate surface area is 131 Å². The Morgan fingerprint density at radius 2 is 1.86 bits per heavy atom. The number of carbonyl (C=O) groups is 2. The van der Waals surface area contributed by atoms with E-state index in [4.69, 9.17) is 0 Å². The van der Waals surface area contributed by atoms with Gasteiger partial charge in [-0.3, -0.25) is 9.59 Å². The summed E-state index contributed by atoms with van der Waals surface area (Å²) in [4.78, 5) is 26.3. The van der Waals surface area contributed by atoms with Crippen molar-refractivity contribution in [2.45, 2.75) is 58.5 Å². The average Bonchev–Trinajstić information content (AvgIpc) is 2.97. The van der Waals surface area contributed by atoms with Gasteiger partial charge in [-0.2, -0.15) is 0 Å². The Morgan fingerprint density at radius 1 is 1.23 bits per heavy atom. The third-order valence-corrected chi connectivity index (χ3v) is 3.80. The van der Waals surface area contributed by atoms with Gasteiger partial charge in [0.2, 0.25) is 5.91 Å². The lowest BCUT2D eigenvalue weighted by molar-refractivity contribution is -0.133. The number of likely N-dealkylation sites (tertiary alicyclic amines) is 1. The van der Waals surface area contributed by atoms with Crippen LogP contribution in [0.15, 0.2) is 6.20 Å². The highest BCUT2D eigenvalue weighted by Crippen LogP contribution is 2.12. The molecule has 2 heterocycles. The highest BCUT2D eigenvalue weighted by Gasteiger charge is 2.25. The van der Waals surface area contributed by atoms with E-state index in [9.17, 15) is 9.59 Å². The van der Waals surface area contributed by atoms with E-state index < -0.39 is 6.04 Å². The number of nitrogens with zero attached hydrogens (tertiary/aromatic N) is 4. The topological polar surface area (TPSA) is 80.1 Å². The second-order valence-corrected chi connectivity index (χ2v) is 6.80. The molecule has 1 aliphatic heterocycles. The maximum Gasteiger partial charge on any atom is 0.274 e. The van der Waals surface area contributed by atoms with Crippen LogP contribution in [0.4, 0.5) is 0 Å². The van der Waals surface area contributed by atoms with E-state index in [-0.39, 0.29) is 23.0 Å². The molecule has 1 atom stereocenters. The molecule has 0 aromatic carbocycles. The molecule has 0 saturated carbocycles. The summed E-state index contributed by atoms with van der Waals surface area (Å²) in [6.45, 7) is 9.20. The standard InChI is InChI=1S/C15H25N5O2/c1-11(14(22)19-8-6-5-7-9-19)16-13(21)12-10-20(18-17-12)15(2,3)4/h10-11H,5-9H2,1-4H3,(H,16,21). The zero-order chi connectivity index (χ0) is 16.3. The molecule has 0 bridgehead atoms. The van der Waals surface area contributed by atoms with Gasteiger partial charge in [0.25, 0.3) is 5.91 Å². The maximum atomic E-state index is 12.3. The Hall–Kier alpha value is -1.92. The minimum atomic E-state index is -0.551. The third kappa shape index (κ3) is 3.84. The van der Waals surface area contributed by atoms with Gasteiger partial charge in [0.05, 0.1) is 11.7 Å².